The first-order chi connectivity index (χ1) is 13.4. The van der Waals surface area contributed by atoms with E-state index in [9.17, 15) is 4.79 Å². The highest BCUT2D eigenvalue weighted by molar-refractivity contribution is 5.91. The summed E-state index contributed by atoms with van der Waals surface area (Å²) in [5.41, 5.74) is 0.724. The van der Waals surface area contributed by atoms with Gasteiger partial charge in [0.05, 0.1) is 12.2 Å². The molecule has 0 unspecified atom stereocenters. The maximum Gasteiger partial charge on any atom is 0.240 e. The van der Waals surface area contributed by atoms with E-state index in [2.05, 4.69) is 41.0 Å². The fourth-order valence-electron chi connectivity index (χ4n) is 3.05. The summed E-state index contributed by atoms with van der Waals surface area (Å²) in [6, 6.07) is 11.7. The van der Waals surface area contributed by atoms with Crippen molar-refractivity contribution in [1.82, 2.24) is 15.0 Å². The largest absolute Gasteiger partial charge is 0.492 e. The van der Waals surface area contributed by atoms with E-state index in [1.165, 1.54) is 0 Å². The molecule has 1 saturated heterocycles. The normalized spacial score (nSPS) is 16.1. The van der Waals surface area contributed by atoms with Crippen LogP contribution >= 0.6 is 0 Å². The van der Waals surface area contributed by atoms with E-state index in [0.29, 0.717) is 19.0 Å². The number of ether oxygens (including phenoxy) is 1. The first-order valence-corrected chi connectivity index (χ1v) is 9.80. The molecule has 3 rings (SSSR count). The summed E-state index contributed by atoms with van der Waals surface area (Å²) in [4.78, 5) is 16.8. The second-order valence-corrected chi connectivity index (χ2v) is 8.15. The zero-order valence-electron chi connectivity index (χ0n) is 17.0. The highest BCUT2D eigenvalue weighted by Crippen LogP contribution is 2.23. The SMILES string of the molecule is CC(C)(C)c1cc(NC(=O)CN2CCN(CCOc3ccccc3)CC2)on1. The molecule has 0 bridgehead atoms. The highest BCUT2D eigenvalue weighted by Gasteiger charge is 2.22. The molecule has 152 valence electrons. The molecular weight excluding hydrogens is 356 g/mol. The van der Waals surface area contributed by atoms with Crippen molar-refractivity contribution < 1.29 is 14.1 Å². The quantitative estimate of drug-likeness (QED) is 0.789. The van der Waals surface area contributed by atoms with Crippen LogP contribution in [0.15, 0.2) is 40.9 Å². The molecule has 1 amide bonds. The molecule has 1 aromatic carbocycles. The number of hydrogen-bond acceptors (Lipinski definition) is 6. The van der Waals surface area contributed by atoms with Gasteiger partial charge in [-0.3, -0.25) is 19.9 Å². The number of carbonyl (C=O) groups excluding carboxylic acids is 1. The molecule has 0 atom stereocenters. The minimum absolute atomic E-state index is 0.0718. The van der Waals surface area contributed by atoms with E-state index >= 15 is 0 Å². The van der Waals surface area contributed by atoms with Gasteiger partial charge in [0, 0.05) is 44.2 Å². The number of hydrogen-bond donors (Lipinski definition) is 1. The van der Waals surface area contributed by atoms with Crippen LogP contribution in [0.3, 0.4) is 0 Å². The Kier molecular flexibility index (Phi) is 6.70. The zero-order chi connectivity index (χ0) is 20.0. The fraction of sp³-hybridized carbons (Fsp3) is 0.524. The van der Waals surface area contributed by atoms with Gasteiger partial charge in [0.1, 0.15) is 12.4 Å². The topological polar surface area (TPSA) is 70.8 Å². The molecule has 0 saturated carbocycles. The fourth-order valence-corrected chi connectivity index (χ4v) is 3.05. The van der Waals surface area contributed by atoms with E-state index in [0.717, 1.165) is 44.2 Å². The van der Waals surface area contributed by atoms with Crippen molar-refractivity contribution in [3.05, 3.63) is 42.1 Å². The van der Waals surface area contributed by atoms with Crippen LogP contribution in [0.2, 0.25) is 0 Å². The number of para-hydroxylation sites is 1. The summed E-state index contributed by atoms with van der Waals surface area (Å²) in [6.07, 6.45) is 0. The smallest absolute Gasteiger partial charge is 0.240 e. The number of piperazine rings is 1. The molecular formula is C21H30N4O3. The summed E-state index contributed by atoms with van der Waals surface area (Å²) in [5.74, 6) is 1.24. The molecule has 1 aliphatic heterocycles. The Morgan fingerprint density at radius 1 is 1.14 bits per heavy atom. The Bertz CT molecular complexity index is 747. The third kappa shape index (κ3) is 6.07. The molecule has 0 spiro atoms. The van der Waals surface area contributed by atoms with Gasteiger partial charge in [-0.05, 0) is 12.1 Å². The summed E-state index contributed by atoms with van der Waals surface area (Å²) >= 11 is 0. The molecule has 0 aliphatic carbocycles. The van der Waals surface area contributed by atoms with Crippen LogP contribution in [0.1, 0.15) is 26.5 Å². The Morgan fingerprint density at radius 2 is 1.82 bits per heavy atom. The lowest BCUT2D eigenvalue weighted by Crippen LogP contribution is -2.49. The summed E-state index contributed by atoms with van der Waals surface area (Å²) in [6.45, 7) is 11.7. The summed E-state index contributed by atoms with van der Waals surface area (Å²) in [5, 5.41) is 6.83. The molecule has 1 N–H and O–H groups in total. The van der Waals surface area contributed by atoms with Crippen molar-refractivity contribution in [3.8, 4) is 5.75 Å². The van der Waals surface area contributed by atoms with Crippen molar-refractivity contribution in [2.45, 2.75) is 26.2 Å². The summed E-state index contributed by atoms with van der Waals surface area (Å²) < 4.78 is 11.0. The molecule has 7 nitrogen and oxygen atoms in total. The van der Waals surface area contributed by atoms with Crippen LogP contribution in [0.4, 0.5) is 5.88 Å². The average Bonchev–Trinajstić information content (AvgIpc) is 3.13. The predicted octanol–water partition coefficient (Wildman–Crippen LogP) is 2.61. The molecule has 2 heterocycles. The zero-order valence-corrected chi connectivity index (χ0v) is 17.0. The number of nitrogens with one attached hydrogen (secondary N) is 1. The number of benzene rings is 1. The van der Waals surface area contributed by atoms with Crippen molar-refractivity contribution in [2.24, 2.45) is 0 Å². The van der Waals surface area contributed by atoms with E-state index < -0.39 is 0 Å². The van der Waals surface area contributed by atoms with Crippen molar-refractivity contribution in [1.29, 1.82) is 0 Å². The van der Waals surface area contributed by atoms with Gasteiger partial charge in [0.2, 0.25) is 11.8 Å². The van der Waals surface area contributed by atoms with Crippen molar-refractivity contribution in [3.63, 3.8) is 0 Å². The predicted molar refractivity (Wildman–Crippen MR) is 109 cm³/mol. The Morgan fingerprint density at radius 3 is 2.46 bits per heavy atom. The van der Waals surface area contributed by atoms with Crippen molar-refractivity contribution >= 4 is 11.8 Å². The lowest BCUT2D eigenvalue weighted by atomic mass is 9.92. The molecule has 28 heavy (non-hydrogen) atoms. The van der Waals surface area contributed by atoms with Crippen LogP contribution in [0, 0.1) is 0 Å². The maximum atomic E-state index is 12.3. The van der Waals surface area contributed by atoms with Gasteiger partial charge in [-0.15, -0.1) is 0 Å². The van der Waals surface area contributed by atoms with E-state index in [1.54, 1.807) is 6.07 Å². The number of nitrogens with zero attached hydrogens (tertiary/aromatic N) is 3. The molecule has 7 heteroatoms. The maximum absolute atomic E-state index is 12.3. The third-order valence-electron chi connectivity index (χ3n) is 4.79. The minimum atomic E-state index is -0.104. The van der Waals surface area contributed by atoms with E-state index in [1.807, 2.05) is 30.3 Å². The number of carbonyl (C=O) groups is 1. The standard InChI is InChI=1S/C21H30N4O3/c1-21(2,3)18-15-20(28-23-18)22-19(26)16-25-11-9-24(10-12-25)13-14-27-17-7-5-4-6-8-17/h4-8,15H,9-14,16H2,1-3H3,(H,22,26). The molecule has 1 aromatic heterocycles. The van der Waals surface area contributed by atoms with Crippen LogP contribution in [0.5, 0.6) is 5.75 Å². The number of aromatic nitrogens is 1. The first-order valence-electron chi connectivity index (χ1n) is 9.80. The second kappa shape index (κ2) is 9.21. The van der Waals surface area contributed by atoms with E-state index in [-0.39, 0.29) is 11.3 Å². The minimum Gasteiger partial charge on any atom is -0.492 e. The Labute approximate surface area is 166 Å². The van der Waals surface area contributed by atoms with Crippen LogP contribution in [-0.4, -0.2) is 66.7 Å². The number of rotatable bonds is 7. The average molecular weight is 386 g/mol. The monoisotopic (exact) mass is 386 g/mol. The third-order valence-corrected chi connectivity index (χ3v) is 4.79. The second-order valence-electron chi connectivity index (χ2n) is 8.15. The van der Waals surface area contributed by atoms with E-state index in [4.69, 9.17) is 9.26 Å². The first kappa shape index (κ1) is 20.4. The van der Waals surface area contributed by atoms with Gasteiger partial charge >= 0.3 is 0 Å². The highest BCUT2D eigenvalue weighted by atomic mass is 16.5. The number of amides is 1. The molecule has 1 aliphatic rings. The molecule has 1 fully saturated rings. The molecule has 0 radical (unpaired) electrons. The van der Waals surface area contributed by atoms with Crippen LogP contribution in [-0.2, 0) is 10.2 Å². The van der Waals surface area contributed by atoms with Gasteiger partial charge in [0.15, 0.2) is 0 Å². The van der Waals surface area contributed by atoms with Crippen molar-refractivity contribution in [2.75, 3.05) is 51.2 Å². The van der Waals surface area contributed by atoms with Gasteiger partial charge in [-0.2, -0.15) is 0 Å². The summed E-state index contributed by atoms with van der Waals surface area (Å²) in [7, 11) is 0. The van der Waals surface area contributed by atoms with Gasteiger partial charge in [0.25, 0.3) is 0 Å². The number of anilines is 1. The Balaban J connectivity index is 1.34. The van der Waals surface area contributed by atoms with Gasteiger partial charge < -0.3 is 9.26 Å². The lowest BCUT2D eigenvalue weighted by Gasteiger charge is -2.34. The van der Waals surface area contributed by atoms with Crippen LogP contribution < -0.4 is 10.1 Å². The lowest BCUT2D eigenvalue weighted by molar-refractivity contribution is -0.117. The van der Waals surface area contributed by atoms with Gasteiger partial charge in [-0.25, -0.2) is 0 Å². The van der Waals surface area contributed by atoms with Crippen LogP contribution in [0.25, 0.3) is 0 Å². The van der Waals surface area contributed by atoms with Gasteiger partial charge in [-0.1, -0.05) is 44.1 Å². The Hall–Kier alpha value is -2.38. The molecule has 2 aromatic rings.